The van der Waals surface area contributed by atoms with E-state index in [4.69, 9.17) is 14.2 Å². The number of unbranched alkanes of at least 4 members (excludes halogenated alkanes) is 24. The van der Waals surface area contributed by atoms with Crippen LogP contribution in [0.4, 0.5) is 0 Å². The van der Waals surface area contributed by atoms with Crippen molar-refractivity contribution in [3.63, 3.8) is 0 Å². The van der Waals surface area contributed by atoms with Gasteiger partial charge < -0.3 is 14.2 Å². The van der Waals surface area contributed by atoms with Crippen LogP contribution in [0.5, 0.6) is 0 Å². The lowest BCUT2D eigenvalue weighted by Crippen LogP contribution is -2.30. The Balaban J connectivity index is 4.43. The van der Waals surface area contributed by atoms with Crippen LogP contribution < -0.4 is 0 Å². The van der Waals surface area contributed by atoms with Crippen molar-refractivity contribution in [2.45, 2.75) is 245 Å². The SMILES string of the molecule is CC/C=C\C/C=C\C/C=C\CCCCC(=O)OCC(COC(=O)CCCCC/C=C\CCCCCCCCC)OC(=O)CCCCCCCCCCCCCCC. The predicted octanol–water partition coefficient (Wildman–Crippen LogP) is 15.5. The van der Waals surface area contributed by atoms with Crippen LogP contribution in [0, 0.1) is 0 Å². The predicted molar refractivity (Wildman–Crippen MR) is 242 cm³/mol. The summed E-state index contributed by atoms with van der Waals surface area (Å²) in [6.07, 6.45) is 53.8. The standard InChI is InChI=1S/C51H90O6/c1-4-7-10-13-16-19-22-25-27-29-32-35-38-41-44-50(53)56-47-48(46-55-49(52)43-40-37-34-31-28-24-21-18-15-12-9-6-3)57-51(54)45-42-39-36-33-30-26-23-20-17-14-11-8-5-2/h9,12,18,21,27-29,31,48H,4-8,10-11,13-17,19-20,22-26,30,32-47H2,1-3H3/b12-9-,21-18-,29-27-,31-28-. The average Bonchev–Trinajstić information content (AvgIpc) is 3.21. The Morgan fingerprint density at radius 3 is 1.14 bits per heavy atom. The highest BCUT2D eigenvalue weighted by Gasteiger charge is 2.19. The van der Waals surface area contributed by atoms with Crippen molar-refractivity contribution < 1.29 is 28.6 Å². The molecule has 0 fully saturated rings. The zero-order valence-corrected chi connectivity index (χ0v) is 37.6. The Morgan fingerprint density at radius 2 is 0.684 bits per heavy atom. The molecule has 0 aromatic carbocycles. The van der Waals surface area contributed by atoms with E-state index in [9.17, 15) is 14.4 Å². The molecule has 330 valence electrons. The summed E-state index contributed by atoms with van der Waals surface area (Å²) in [6.45, 7) is 6.47. The monoisotopic (exact) mass is 799 g/mol. The van der Waals surface area contributed by atoms with Gasteiger partial charge in [0, 0.05) is 19.3 Å². The van der Waals surface area contributed by atoms with Gasteiger partial charge in [0.1, 0.15) is 13.2 Å². The van der Waals surface area contributed by atoms with Crippen LogP contribution in [0.25, 0.3) is 0 Å². The van der Waals surface area contributed by atoms with Crippen LogP contribution in [-0.2, 0) is 28.6 Å². The van der Waals surface area contributed by atoms with Gasteiger partial charge in [0.15, 0.2) is 6.10 Å². The molecule has 57 heavy (non-hydrogen) atoms. The van der Waals surface area contributed by atoms with E-state index in [2.05, 4.69) is 69.4 Å². The van der Waals surface area contributed by atoms with Gasteiger partial charge in [-0.2, -0.15) is 0 Å². The van der Waals surface area contributed by atoms with Crippen molar-refractivity contribution in [3.8, 4) is 0 Å². The van der Waals surface area contributed by atoms with E-state index < -0.39 is 6.10 Å². The fourth-order valence-electron chi connectivity index (χ4n) is 6.69. The maximum absolute atomic E-state index is 12.7. The Bertz CT molecular complexity index is 1010. The van der Waals surface area contributed by atoms with Gasteiger partial charge in [-0.15, -0.1) is 0 Å². The highest BCUT2D eigenvalue weighted by molar-refractivity contribution is 5.71. The van der Waals surface area contributed by atoms with E-state index in [-0.39, 0.29) is 31.1 Å². The zero-order valence-electron chi connectivity index (χ0n) is 37.6. The number of hydrogen-bond acceptors (Lipinski definition) is 6. The quantitative estimate of drug-likeness (QED) is 0.0265. The molecule has 0 bridgehead atoms. The molecule has 1 atom stereocenters. The number of carbonyl (C=O) groups excluding carboxylic acids is 3. The summed E-state index contributed by atoms with van der Waals surface area (Å²) in [5.74, 6) is -0.943. The minimum Gasteiger partial charge on any atom is -0.462 e. The van der Waals surface area contributed by atoms with Crippen molar-refractivity contribution in [2.75, 3.05) is 13.2 Å². The van der Waals surface area contributed by atoms with Crippen LogP contribution in [0.3, 0.4) is 0 Å². The molecule has 0 radical (unpaired) electrons. The van der Waals surface area contributed by atoms with E-state index >= 15 is 0 Å². The molecule has 0 aliphatic heterocycles. The second kappa shape index (κ2) is 46.1. The number of allylic oxidation sites excluding steroid dienone is 8. The second-order valence-corrected chi connectivity index (χ2v) is 16.0. The first-order valence-electron chi connectivity index (χ1n) is 24.1. The van der Waals surface area contributed by atoms with E-state index in [1.54, 1.807) is 0 Å². The molecule has 1 unspecified atom stereocenters. The number of hydrogen-bond donors (Lipinski definition) is 0. The summed E-state index contributed by atoms with van der Waals surface area (Å²) in [7, 11) is 0. The van der Waals surface area contributed by atoms with Crippen molar-refractivity contribution in [1.82, 2.24) is 0 Å². The van der Waals surface area contributed by atoms with E-state index in [1.807, 2.05) is 0 Å². The Labute approximate surface area is 352 Å². The van der Waals surface area contributed by atoms with Gasteiger partial charge in [0.05, 0.1) is 0 Å². The molecule has 6 heteroatoms. The first-order valence-corrected chi connectivity index (χ1v) is 24.1. The summed E-state index contributed by atoms with van der Waals surface area (Å²) in [4.78, 5) is 37.8. The maximum Gasteiger partial charge on any atom is 0.306 e. The lowest BCUT2D eigenvalue weighted by atomic mass is 10.0. The summed E-state index contributed by atoms with van der Waals surface area (Å²) >= 11 is 0. The second-order valence-electron chi connectivity index (χ2n) is 16.0. The Hall–Kier alpha value is -2.63. The van der Waals surface area contributed by atoms with Crippen LogP contribution in [0.1, 0.15) is 239 Å². The molecule has 0 aromatic rings. The highest BCUT2D eigenvalue weighted by atomic mass is 16.6. The van der Waals surface area contributed by atoms with Crippen LogP contribution in [-0.4, -0.2) is 37.2 Å². The van der Waals surface area contributed by atoms with Crippen molar-refractivity contribution in [3.05, 3.63) is 48.6 Å². The molecular weight excluding hydrogens is 709 g/mol. The summed E-state index contributed by atoms with van der Waals surface area (Å²) < 4.78 is 16.7. The van der Waals surface area contributed by atoms with Crippen LogP contribution in [0.2, 0.25) is 0 Å². The van der Waals surface area contributed by atoms with Gasteiger partial charge in [0.25, 0.3) is 0 Å². The van der Waals surface area contributed by atoms with Gasteiger partial charge in [-0.25, -0.2) is 0 Å². The van der Waals surface area contributed by atoms with Gasteiger partial charge in [0.2, 0.25) is 0 Å². The van der Waals surface area contributed by atoms with Crippen molar-refractivity contribution in [2.24, 2.45) is 0 Å². The number of ether oxygens (including phenoxy) is 3. The number of carbonyl (C=O) groups is 3. The molecule has 0 amide bonds. The third-order valence-electron chi connectivity index (χ3n) is 10.3. The van der Waals surface area contributed by atoms with Gasteiger partial charge in [-0.1, -0.05) is 191 Å². The van der Waals surface area contributed by atoms with Gasteiger partial charge in [-0.05, 0) is 77.0 Å². The topological polar surface area (TPSA) is 78.9 Å². The minimum absolute atomic E-state index is 0.0913. The number of esters is 3. The van der Waals surface area contributed by atoms with E-state index in [0.717, 1.165) is 89.9 Å². The van der Waals surface area contributed by atoms with E-state index in [0.29, 0.717) is 19.3 Å². The first kappa shape index (κ1) is 54.4. The van der Waals surface area contributed by atoms with Crippen molar-refractivity contribution >= 4 is 17.9 Å². The smallest absolute Gasteiger partial charge is 0.306 e. The molecule has 0 aromatic heterocycles. The molecule has 0 aliphatic rings. The summed E-state index contributed by atoms with van der Waals surface area (Å²) in [6, 6.07) is 0. The summed E-state index contributed by atoms with van der Waals surface area (Å²) in [5.41, 5.74) is 0. The minimum atomic E-state index is -0.790. The Morgan fingerprint density at radius 1 is 0.368 bits per heavy atom. The fourth-order valence-corrected chi connectivity index (χ4v) is 6.69. The molecule has 0 heterocycles. The van der Waals surface area contributed by atoms with Crippen LogP contribution >= 0.6 is 0 Å². The highest BCUT2D eigenvalue weighted by Crippen LogP contribution is 2.15. The molecular formula is C51H90O6. The third-order valence-corrected chi connectivity index (χ3v) is 10.3. The largest absolute Gasteiger partial charge is 0.462 e. The molecule has 0 rings (SSSR count). The molecule has 0 saturated heterocycles. The Kier molecular flexibility index (Phi) is 43.9. The van der Waals surface area contributed by atoms with Gasteiger partial charge >= 0.3 is 17.9 Å². The lowest BCUT2D eigenvalue weighted by molar-refractivity contribution is -0.167. The third kappa shape index (κ3) is 44.3. The van der Waals surface area contributed by atoms with Crippen molar-refractivity contribution in [1.29, 1.82) is 0 Å². The fraction of sp³-hybridized carbons (Fsp3) is 0.784. The maximum atomic E-state index is 12.7. The van der Waals surface area contributed by atoms with E-state index in [1.165, 1.54) is 109 Å². The molecule has 0 spiro atoms. The first-order chi connectivity index (χ1) is 28.0. The van der Waals surface area contributed by atoms with Gasteiger partial charge in [-0.3, -0.25) is 14.4 Å². The molecule has 0 saturated carbocycles. The van der Waals surface area contributed by atoms with Crippen LogP contribution in [0.15, 0.2) is 48.6 Å². The lowest BCUT2D eigenvalue weighted by Gasteiger charge is -2.18. The average molecular weight is 799 g/mol. The normalized spacial score (nSPS) is 12.4. The zero-order chi connectivity index (χ0) is 41.5. The molecule has 6 nitrogen and oxygen atoms in total. The molecule has 0 N–H and O–H groups in total. The summed E-state index contributed by atoms with van der Waals surface area (Å²) in [5, 5.41) is 0. The molecule has 0 aliphatic carbocycles. The number of rotatable bonds is 43.